The molecule has 21 heavy (non-hydrogen) atoms. The number of rotatable bonds is 7. The summed E-state index contributed by atoms with van der Waals surface area (Å²) < 4.78 is 38.1. The van der Waals surface area contributed by atoms with Gasteiger partial charge < -0.3 is 9.47 Å². The smallest absolute Gasteiger partial charge is 0.253 e. The number of nitrogens with zero attached hydrogens (tertiary/aromatic N) is 1. The molecule has 0 spiro atoms. The molecular formula is C14H22N2O4S. The van der Waals surface area contributed by atoms with E-state index in [2.05, 4.69) is 9.62 Å². The third kappa shape index (κ3) is 4.02. The Morgan fingerprint density at radius 1 is 1.14 bits per heavy atom. The number of methoxy groups -OCH3 is 2. The number of hydrogen-bond donors (Lipinski definition) is 1. The molecule has 1 aromatic carbocycles. The maximum atomic E-state index is 12.4. The van der Waals surface area contributed by atoms with Gasteiger partial charge in [0.15, 0.2) is 0 Å². The molecule has 1 aliphatic heterocycles. The molecule has 0 radical (unpaired) electrons. The molecule has 1 aromatic rings. The molecule has 1 saturated heterocycles. The van der Waals surface area contributed by atoms with Crippen LogP contribution in [0.25, 0.3) is 0 Å². The Morgan fingerprint density at radius 2 is 1.71 bits per heavy atom. The van der Waals surface area contributed by atoms with E-state index in [4.69, 9.17) is 9.47 Å². The molecule has 0 amide bonds. The minimum atomic E-state index is -3.71. The Morgan fingerprint density at radius 3 is 2.24 bits per heavy atom. The normalized spacial score (nSPS) is 17.2. The summed E-state index contributed by atoms with van der Waals surface area (Å²) >= 11 is 0. The van der Waals surface area contributed by atoms with Gasteiger partial charge in [-0.15, -0.1) is 0 Å². The molecule has 0 bridgehead atoms. The van der Waals surface area contributed by atoms with Gasteiger partial charge >= 0.3 is 0 Å². The topological polar surface area (TPSA) is 67.9 Å². The molecule has 0 unspecified atom stereocenters. The first-order chi connectivity index (χ1) is 10.0. The van der Waals surface area contributed by atoms with Gasteiger partial charge in [-0.3, -0.25) is 4.90 Å². The number of sulfonamides is 1. The fraction of sp³-hybridized carbons (Fsp3) is 0.571. The molecule has 0 saturated carbocycles. The Kier molecular flexibility index (Phi) is 5.34. The van der Waals surface area contributed by atoms with Crippen LogP contribution in [0.5, 0.6) is 0 Å². The first-order valence-corrected chi connectivity index (χ1v) is 8.41. The number of likely N-dealkylation sites (tertiary alicyclic amines) is 1. The van der Waals surface area contributed by atoms with Crippen LogP contribution in [0.1, 0.15) is 12.8 Å². The summed E-state index contributed by atoms with van der Waals surface area (Å²) in [5.74, 6) is -1.38. The molecule has 1 fully saturated rings. The van der Waals surface area contributed by atoms with Crippen LogP contribution in [-0.2, 0) is 19.5 Å². The molecule has 0 aliphatic carbocycles. The molecule has 1 heterocycles. The summed E-state index contributed by atoms with van der Waals surface area (Å²) in [7, 11) is -0.835. The van der Waals surface area contributed by atoms with Crippen LogP contribution in [-0.4, -0.2) is 53.1 Å². The number of nitrogens with one attached hydrogen (secondary N) is 1. The maximum absolute atomic E-state index is 12.4. The van der Waals surface area contributed by atoms with Crippen LogP contribution in [0, 0.1) is 0 Å². The Hall–Kier alpha value is -0.990. The summed E-state index contributed by atoms with van der Waals surface area (Å²) in [5, 5.41) is 0. The molecule has 1 aliphatic rings. The van der Waals surface area contributed by atoms with Gasteiger partial charge in [0, 0.05) is 14.2 Å². The van der Waals surface area contributed by atoms with Crippen LogP contribution < -0.4 is 4.72 Å². The van der Waals surface area contributed by atoms with Crippen molar-refractivity contribution in [3.63, 3.8) is 0 Å². The van der Waals surface area contributed by atoms with E-state index in [1.807, 2.05) is 0 Å². The van der Waals surface area contributed by atoms with Crippen molar-refractivity contribution in [2.24, 2.45) is 0 Å². The van der Waals surface area contributed by atoms with E-state index < -0.39 is 15.9 Å². The highest BCUT2D eigenvalue weighted by atomic mass is 32.2. The van der Waals surface area contributed by atoms with E-state index in [0.717, 1.165) is 25.9 Å². The van der Waals surface area contributed by atoms with Crippen LogP contribution in [0.3, 0.4) is 0 Å². The van der Waals surface area contributed by atoms with Gasteiger partial charge in [-0.1, -0.05) is 18.2 Å². The van der Waals surface area contributed by atoms with Gasteiger partial charge in [0.1, 0.15) is 0 Å². The Balaban J connectivity index is 2.18. The second-order valence-electron chi connectivity index (χ2n) is 5.06. The molecule has 118 valence electrons. The molecular weight excluding hydrogens is 292 g/mol. The monoisotopic (exact) mass is 314 g/mol. The van der Waals surface area contributed by atoms with E-state index in [9.17, 15) is 8.42 Å². The predicted molar refractivity (Wildman–Crippen MR) is 79.2 cm³/mol. The SMILES string of the molecule is COC(CN1CCCC1)(NS(=O)(=O)c1ccccc1)OC. The van der Waals surface area contributed by atoms with Crippen molar-refractivity contribution in [1.29, 1.82) is 0 Å². The fourth-order valence-electron chi connectivity index (χ4n) is 2.43. The lowest BCUT2D eigenvalue weighted by atomic mass is 10.4. The predicted octanol–water partition coefficient (Wildman–Crippen LogP) is 1.01. The quantitative estimate of drug-likeness (QED) is 0.761. The van der Waals surface area contributed by atoms with Crippen molar-refractivity contribution in [1.82, 2.24) is 9.62 Å². The van der Waals surface area contributed by atoms with E-state index in [-0.39, 0.29) is 4.90 Å². The third-order valence-electron chi connectivity index (χ3n) is 3.63. The van der Waals surface area contributed by atoms with Crippen LogP contribution >= 0.6 is 0 Å². The van der Waals surface area contributed by atoms with Gasteiger partial charge in [0.05, 0.1) is 11.4 Å². The van der Waals surface area contributed by atoms with Crippen molar-refractivity contribution in [2.75, 3.05) is 33.9 Å². The summed E-state index contributed by atoms with van der Waals surface area (Å²) in [6.07, 6.45) is 2.21. The van der Waals surface area contributed by atoms with Crippen LogP contribution in [0.4, 0.5) is 0 Å². The molecule has 6 nitrogen and oxygen atoms in total. The summed E-state index contributed by atoms with van der Waals surface area (Å²) in [6, 6.07) is 8.19. The van der Waals surface area contributed by atoms with Crippen molar-refractivity contribution < 1.29 is 17.9 Å². The Labute approximate surface area is 126 Å². The zero-order chi connectivity index (χ0) is 15.3. The minimum absolute atomic E-state index is 0.185. The molecule has 1 N–H and O–H groups in total. The van der Waals surface area contributed by atoms with Gasteiger partial charge in [-0.25, -0.2) is 8.42 Å². The minimum Gasteiger partial charge on any atom is -0.339 e. The summed E-state index contributed by atoms with van der Waals surface area (Å²) in [5.41, 5.74) is 0. The average Bonchev–Trinajstić information content (AvgIpc) is 3.00. The summed E-state index contributed by atoms with van der Waals surface area (Å²) in [6.45, 7) is 2.19. The third-order valence-corrected chi connectivity index (χ3v) is 5.11. The Bertz CT molecular complexity index is 537. The van der Waals surface area contributed by atoms with E-state index in [1.165, 1.54) is 26.4 Å². The molecule has 0 atom stereocenters. The van der Waals surface area contributed by atoms with Gasteiger partial charge in [-0.05, 0) is 38.1 Å². The second kappa shape index (κ2) is 6.85. The van der Waals surface area contributed by atoms with Crippen LogP contribution in [0.2, 0.25) is 0 Å². The van der Waals surface area contributed by atoms with Crippen molar-refractivity contribution >= 4 is 10.0 Å². The van der Waals surface area contributed by atoms with Gasteiger partial charge in [0.2, 0.25) is 10.0 Å². The number of benzene rings is 1. The highest BCUT2D eigenvalue weighted by Gasteiger charge is 2.38. The van der Waals surface area contributed by atoms with Crippen LogP contribution in [0.15, 0.2) is 35.2 Å². The lowest BCUT2D eigenvalue weighted by Crippen LogP contribution is -2.57. The van der Waals surface area contributed by atoms with Crippen molar-refractivity contribution in [3.8, 4) is 0 Å². The number of hydrogen-bond acceptors (Lipinski definition) is 5. The fourth-order valence-corrected chi connectivity index (χ4v) is 3.70. The summed E-state index contributed by atoms with van der Waals surface area (Å²) in [4.78, 5) is 2.31. The number of ether oxygens (including phenoxy) is 2. The first kappa shape index (κ1) is 16.4. The highest BCUT2D eigenvalue weighted by Crippen LogP contribution is 2.18. The maximum Gasteiger partial charge on any atom is 0.253 e. The first-order valence-electron chi connectivity index (χ1n) is 6.93. The zero-order valence-electron chi connectivity index (χ0n) is 12.4. The van der Waals surface area contributed by atoms with E-state index in [0.29, 0.717) is 6.54 Å². The standard InChI is InChI=1S/C14H22N2O4S/c1-19-14(20-2,12-16-10-6-7-11-16)15-21(17,18)13-8-4-3-5-9-13/h3-5,8-9,15H,6-7,10-12H2,1-2H3. The van der Waals surface area contributed by atoms with E-state index >= 15 is 0 Å². The molecule has 7 heteroatoms. The average molecular weight is 314 g/mol. The van der Waals surface area contributed by atoms with Gasteiger partial charge in [0.25, 0.3) is 5.91 Å². The van der Waals surface area contributed by atoms with Crippen molar-refractivity contribution in [2.45, 2.75) is 23.6 Å². The highest BCUT2D eigenvalue weighted by molar-refractivity contribution is 7.89. The molecule has 0 aromatic heterocycles. The molecule has 2 rings (SSSR count). The van der Waals surface area contributed by atoms with Gasteiger partial charge in [-0.2, -0.15) is 4.72 Å². The van der Waals surface area contributed by atoms with Crippen molar-refractivity contribution in [3.05, 3.63) is 30.3 Å². The lowest BCUT2D eigenvalue weighted by Gasteiger charge is -2.34. The second-order valence-corrected chi connectivity index (χ2v) is 6.75. The van der Waals surface area contributed by atoms with E-state index in [1.54, 1.807) is 18.2 Å². The lowest BCUT2D eigenvalue weighted by molar-refractivity contribution is -0.222. The zero-order valence-corrected chi connectivity index (χ0v) is 13.2. The largest absolute Gasteiger partial charge is 0.339 e.